The summed E-state index contributed by atoms with van der Waals surface area (Å²) in [4.78, 5) is 25.4. The van der Waals surface area contributed by atoms with Crippen molar-refractivity contribution in [3.05, 3.63) is 36.4 Å². The molecule has 0 radical (unpaired) electrons. The third kappa shape index (κ3) is 6.71. The summed E-state index contributed by atoms with van der Waals surface area (Å²) in [6.07, 6.45) is -0.608. The van der Waals surface area contributed by atoms with E-state index in [9.17, 15) is 9.59 Å². The fraction of sp³-hybridized carbons (Fsp3) is 0.364. The van der Waals surface area contributed by atoms with Gasteiger partial charge in [0.15, 0.2) is 11.5 Å². The van der Waals surface area contributed by atoms with Gasteiger partial charge in [0.1, 0.15) is 24.6 Å². The molecule has 2 aromatic rings. The molecule has 0 fully saturated rings. The van der Waals surface area contributed by atoms with Gasteiger partial charge in [-0.05, 0) is 57.2 Å². The van der Waals surface area contributed by atoms with E-state index in [1.165, 1.54) is 18.9 Å². The Kier molecular flexibility index (Phi) is 7.17. The molecule has 2 N–H and O–H groups in total. The topological polar surface area (TPSA) is 95.1 Å². The lowest BCUT2D eigenvalue weighted by atomic mass is 10.2. The predicted octanol–water partition coefficient (Wildman–Crippen LogP) is 4.54. The van der Waals surface area contributed by atoms with Gasteiger partial charge >= 0.3 is 6.09 Å². The molecule has 9 heteroatoms. The minimum absolute atomic E-state index is 0.187. The summed E-state index contributed by atoms with van der Waals surface area (Å²) >= 11 is 1.39. The number of amides is 2. The Morgan fingerprint density at radius 1 is 1.03 bits per heavy atom. The standard InChI is InChI=1S/C22H26N2O6S/c1-22(2,3)30-21(26)24-16-11-14(5-7-17(16)27-4)23-20(25)13-31-15-6-8-18-19(12-15)29-10-9-28-18/h5-8,11-12H,9-10,13H2,1-4H3,(H,23,25)(H,24,26). The predicted molar refractivity (Wildman–Crippen MR) is 120 cm³/mol. The zero-order valence-corrected chi connectivity index (χ0v) is 18.8. The maximum absolute atomic E-state index is 12.4. The van der Waals surface area contributed by atoms with E-state index in [1.54, 1.807) is 39.0 Å². The summed E-state index contributed by atoms with van der Waals surface area (Å²) < 4.78 is 21.6. The highest BCUT2D eigenvalue weighted by Gasteiger charge is 2.18. The minimum atomic E-state index is -0.631. The van der Waals surface area contributed by atoms with E-state index in [1.807, 2.05) is 18.2 Å². The molecule has 1 aliphatic heterocycles. The van der Waals surface area contributed by atoms with Gasteiger partial charge < -0.3 is 24.3 Å². The first-order valence-corrected chi connectivity index (χ1v) is 10.7. The SMILES string of the molecule is COc1ccc(NC(=O)CSc2ccc3c(c2)OCCO3)cc1NC(=O)OC(C)(C)C. The number of carbonyl (C=O) groups is 2. The van der Waals surface area contributed by atoms with Gasteiger partial charge in [0.2, 0.25) is 5.91 Å². The largest absolute Gasteiger partial charge is 0.495 e. The van der Waals surface area contributed by atoms with Crippen molar-refractivity contribution < 1.29 is 28.5 Å². The maximum Gasteiger partial charge on any atom is 0.412 e. The van der Waals surface area contributed by atoms with Crippen molar-refractivity contribution in [2.75, 3.05) is 36.7 Å². The summed E-state index contributed by atoms with van der Waals surface area (Å²) in [7, 11) is 1.50. The number of fused-ring (bicyclic) bond motifs is 1. The van der Waals surface area contributed by atoms with Crippen LogP contribution in [0, 0.1) is 0 Å². The van der Waals surface area contributed by atoms with Crippen LogP contribution in [0.15, 0.2) is 41.3 Å². The molecule has 2 amide bonds. The second-order valence-corrected chi connectivity index (χ2v) is 8.73. The number of nitrogens with one attached hydrogen (secondary N) is 2. The van der Waals surface area contributed by atoms with E-state index < -0.39 is 11.7 Å². The van der Waals surface area contributed by atoms with Crippen LogP contribution in [0.1, 0.15) is 20.8 Å². The fourth-order valence-electron chi connectivity index (χ4n) is 2.76. The molecule has 0 bridgehead atoms. The first-order chi connectivity index (χ1) is 14.7. The molecule has 3 rings (SSSR count). The van der Waals surface area contributed by atoms with E-state index in [2.05, 4.69) is 10.6 Å². The van der Waals surface area contributed by atoms with Crippen LogP contribution in [-0.4, -0.2) is 43.7 Å². The van der Waals surface area contributed by atoms with Crippen LogP contribution in [0.25, 0.3) is 0 Å². The van der Waals surface area contributed by atoms with E-state index in [0.717, 1.165) is 4.90 Å². The van der Waals surface area contributed by atoms with Crippen molar-refractivity contribution in [3.8, 4) is 17.2 Å². The first kappa shape index (κ1) is 22.6. The number of hydrogen-bond donors (Lipinski definition) is 2. The number of benzene rings is 2. The molecule has 0 aromatic heterocycles. The molecule has 1 heterocycles. The first-order valence-electron chi connectivity index (χ1n) is 9.74. The number of hydrogen-bond acceptors (Lipinski definition) is 7. The number of ether oxygens (including phenoxy) is 4. The van der Waals surface area contributed by atoms with Gasteiger partial charge in [-0.15, -0.1) is 11.8 Å². The quantitative estimate of drug-likeness (QED) is 0.629. The zero-order chi connectivity index (χ0) is 22.4. The molecule has 2 aromatic carbocycles. The summed E-state index contributed by atoms with van der Waals surface area (Å²) in [6, 6.07) is 10.6. The van der Waals surface area contributed by atoms with Crippen LogP contribution in [0.5, 0.6) is 17.2 Å². The van der Waals surface area contributed by atoms with Crippen LogP contribution in [0.2, 0.25) is 0 Å². The monoisotopic (exact) mass is 446 g/mol. The molecule has 31 heavy (non-hydrogen) atoms. The van der Waals surface area contributed by atoms with E-state index in [0.29, 0.717) is 41.8 Å². The third-order valence-corrected chi connectivity index (χ3v) is 5.00. The Balaban J connectivity index is 1.60. The average Bonchev–Trinajstić information content (AvgIpc) is 2.71. The van der Waals surface area contributed by atoms with Crippen molar-refractivity contribution in [1.29, 1.82) is 0 Å². The van der Waals surface area contributed by atoms with Crippen molar-refractivity contribution in [1.82, 2.24) is 0 Å². The fourth-order valence-corrected chi connectivity index (χ4v) is 3.48. The second-order valence-electron chi connectivity index (χ2n) is 7.68. The maximum atomic E-state index is 12.4. The van der Waals surface area contributed by atoms with Gasteiger partial charge in [-0.1, -0.05) is 0 Å². The molecule has 0 spiro atoms. The molecule has 0 unspecified atom stereocenters. The molecular weight excluding hydrogens is 420 g/mol. The van der Waals surface area contributed by atoms with Gasteiger partial charge in [0.25, 0.3) is 0 Å². The van der Waals surface area contributed by atoms with Crippen LogP contribution in [0.3, 0.4) is 0 Å². The van der Waals surface area contributed by atoms with Crippen molar-refractivity contribution in [3.63, 3.8) is 0 Å². The summed E-state index contributed by atoms with van der Waals surface area (Å²) in [5.74, 6) is 1.87. The van der Waals surface area contributed by atoms with Gasteiger partial charge in [-0.3, -0.25) is 10.1 Å². The number of anilines is 2. The molecule has 1 aliphatic rings. The van der Waals surface area contributed by atoms with Crippen LogP contribution in [-0.2, 0) is 9.53 Å². The summed E-state index contributed by atoms with van der Waals surface area (Å²) in [5.41, 5.74) is 0.294. The van der Waals surface area contributed by atoms with Crippen molar-refractivity contribution in [2.24, 2.45) is 0 Å². The normalized spacial score (nSPS) is 12.6. The third-order valence-electron chi connectivity index (χ3n) is 4.00. The van der Waals surface area contributed by atoms with E-state index in [-0.39, 0.29) is 11.7 Å². The minimum Gasteiger partial charge on any atom is -0.495 e. The molecule has 166 valence electrons. The molecule has 0 saturated heterocycles. The highest BCUT2D eigenvalue weighted by molar-refractivity contribution is 8.00. The van der Waals surface area contributed by atoms with Gasteiger partial charge in [-0.2, -0.15) is 0 Å². The summed E-state index contributed by atoms with van der Waals surface area (Å²) in [5, 5.41) is 5.47. The molecular formula is C22H26N2O6S. The van der Waals surface area contributed by atoms with Crippen molar-refractivity contribution in [2.45, 2.75) is 31.3 Å². The van der Waals surface area contributed by atoms with Crippen molar-refractivity contribution >= 4 is 35.1 Å². The molecule has 0 aliphatic carbocycles. The molecule has 0 atom stereocenters. The Bertz CT molecular complexity index is 958. The van der Waals surface area contributed by atoms with E-state index >= 15 is 0 Å². The van der Waals surface area contributed by atoms with Gasteiger partial charge in [-0.25, -0.2) is 4.79 Å². The Morgan fingerprint density at radius 3 is 2.48 bits per heavy atom. The number of rotatable bonds is 6. The highest BCUT2D eigenvalue weighted by atomic mass is 32.2. The average molecular weight is 447 g/mol. The Hall–Kier alpha value is -3.07. The highest BCUT2D eigenvalue weighted by Crippen LogP contribution is 2.34. The van der Waals surface area contributed by atoms with Gasteiger partial charge in [0.05, 0.1) is 18.6 Å². The number of methoxy groups -OCH3 is 1. The van der Waals surface area contributed by atoms with E-state index in [4.69, 9.17) is 18.9 Å². The van der Waals surface area contributed by atoms with Crippen LogP contribution >= 0.6 is 11.8 Å². The lowest BCUT2D eigenvalue weighted by Gasteiger charge is -2.20. The zero-order valence-electron chi connectivity index (χ0n) is 17.9. The molecule has 0 saturated carbocycles. The Morgan fingerprint density at radius 2 is 1.77 bits per heavy atom. The number of thioether (sulfide) groups is 1. The second kappa shape index (κ2) is 9.82. The van der Waals surface area contributed by atoms with Crippen LogP contribution < -0.4 is 24.8 Å². The Labute approximate surface area is 185 Å². The summed E-state index contributed by atoms with van der Waals surface area (Å²) in [6.45, 7) is 6.38. The van der Waals surface area contributed by atoms with Gasteiger partial charge in [0, 0.05) is 10.6 Å². The smallest absolute Gasteiger partial charge is 0.412 e. The lowest BCUT2D eigenvalue weighted by molar-refractivity contribution is -0.113. The lowest BCUT2D eigenvalue weighted by Crippen LogP contribution is -2.27. The van der Waals surface area contributed by atoms with Crippen LogP contribution in [0.4, 0.5) is 16.2 Å². The molecule has 8 nitrogen and oxygen atoms in total. The number of carbonyl (C=O) groups excluding carboxylic acids is 2.